The van der Waals surface area contributed by atoms with Gasteiger partial charge in [0, 0.05) is 25.0 Å². The van der Waals surface area contributed by atoms with Crippen molar-refractivity contribution in [1.82, 2.24) is 24.7 Å². The molecule has 25 heavy (non-hydrogen) atoms. The fourth-order valence-corrected chi connectivity index (χ4v) is 2.62. The number of rotatable bonds is 7. The number of carbonyl (C=O) groups is 1. The first-order valence-corrected chi connectivity index (χ1v) is 8.12. The molecule has 0 atom stereocenters. The first-order chi connectivity index (χ1) is 12.1. The van der Waals surface area contributed by atoms with Crippen LogP contribution in [0.3, 0.4) is 0 Å². The van der Waals surface area contributed by atoms with Gasteiger partial charge in [0.2, 0.25) is 5.91 Å². The molecule has 0 spiro atoms. The van der Waals surface area contributed by atoms with Crippen LogP contribution in [0.1, 0.15) is 28.5 Å². The van der Waals surface area contributed by atoms with Crippen LogP contribution < -0.4 is 5.73 Å². The van der Waals surface area contributed by atoms with E-state index in [0.717, 1.165) is 11.5 Å². The average molecular weight is 336 g/mol. The highest BCUT2D eigenvalue weighted by Gasteiger charge is 2.13. The lowest BCUT2D eigenvalue weighted by Crippen LogP contribution is -2.15. The molecular weight excluding hydrogens is 316 g/mol. The lowest BCUT2D eigenvalue weighted by molar-refractivity contribution is -0.117. The van der Waals surface area contributed by atoms with Crippen LogP contribution in [-0.4, -0.2) is 30.6 Å². The Morgan fingerprint density at radius 2 is 2.04 bits per heavy atom. The van der Waals surface area contributed by atoms with Gasteiger partial charge in [0.05, 0.1) is 18.7 Å². The van der Waals surface area contributed by atoms with E-state index in [1.54, 1.807) is 18.6 Å². The van der Waals surface area contributed by atoms with Crippen LogP contribution >= 0.6 is 0 Å². The minimum absolute atomic E-state index is 0.0406. The molecule has 0 aliphatic rings. The van der Waals surface area contributed by atoms with Gasteiger partial charge in [0.25, 0.3) is 0 Å². The Labute approximate surface area is 146 Å². The third-order valence-corrected chi connectivity index (χ3v) is 3.93. The first-order valence-electron chi connectivity index (χ1n) is 8.12. The highest BCUT2D eigenvalue weighted by atomic mass is 16.1. The summed E-state index contributed by atoms with van der Waals surface area (Å²) in [5, 5.41) is 4.47. The molecule has 3 aromatic rings. The molecule has 0 aliphatic carbocycles. The number of hydrogen-bond donors (Lipinski definition) is 1. The van der Waals surface area contributed by atoms with Crippen molar-refractivity contribution in [1.29, 1.82) is 0 Å². The topological polar surface area (TPSA) is 99.6 Å². The Morgan fingerprint density at radius 1 is 1.20 bits per heavy atom. The van der Waals surface area contributed by atoms with E-state index in [-0.39, 0.29) is 6.42 Å². The van der Waals surface area contributed by atoms with Gasteiger partial charge in [-0.3, -0.25) is 14.8 Å². The zero-order valence-electron chi connectivity index (χ0n) is 14.1. The fourth-order valence-electron chi connectivity index (χ4n) is 2.62. The van der Waals surface area contributed by atoms with E-state index < -0.39 is 5.91 Å². The smallest absolute Gasteiger partial charge is 0.225 e. The molecule has 0 fully saturated rings. The average Bonchev–Trinajstić information content (AvgIpc) is 2.96. The molecule has 128 valence electrons. The van der Waals surface area contributed by atoms with Gasteiger partial charge in [0.15, 0.2) is 5.82 Å². The van der Waals surface area contributed by atoms with Gasteiger partial charge in [-0.15, -0.1) is 0 Å². The van der Waals surface area contributed by atoms with E-state index in [4.69, 9.17) is 5.73 Å². The highest BCUT2D eigenvalue weighted by molar-refractivity contribution is 5.75. The third kappa shape index (κ3) is 4.47. The lowest BCUT2D eigenvalue weighted by atomic mass is 10.1. The molecule has 1 aromatic carbocycles. The van der Waals surface area contributed by atoms with Gasteiger partial charge in [-0.2, -0.15) is 5.10 Å². The molecule has 2 aromatic heterocycles. The van der Waals surface area contributed by atoms with Crippen molar-refractivity contribution in [3.63, 3.8) is 0 Å². The maximum absolute atomic E-state index is 11.2. The van der Waals surface area contributed by atoms with Gasteiger partial charge in [-0.1, -0.05) is 24.3 Å². The number of aryl methyl sites for hydroxylation is 3. The first kappa shape index (κ1) is 16.8. The number of nitrogens with zero attached hydrogens (tertiary/aromatic N) is 5. The quantitative estimate of drug-likeness (QED) is 0.700. The molecule has 2 N–H and O–H groups in total. The summed E-state index contributed by atoms with van der Waals surface area (Å²) in [6.45, 7) is 2.67. The van der Waals surface area contributed by atoms with Crippen LogP contribution in [0.5, 0.6) is 0 Å². The SMILES string of the molecule is Cc1ccccc1Cn1nc(CC(N)=O)nc1CCc1cnccn1. The van der Waals surface area contributed by atoms with E-state index in [9.17, 15) is 4.79 Å². The summed E-state index contributed by atoms with van der Waals surface area (Å²) in [5.41, 5.74) is 8.53. The number of hydrogen-bond acceptors (Lipinski definition) is 5. The summed E-state index contributed by atoms with van der Waals surface area (Å²) < 4.78 is 1.84. The van der Waals surface area contributed by atoms with Crippen LogP contribution in [0.4, 0.5) is 0 Å². The normalized spacial score (nSPS) is 10.8. The van der Waals surface area contributed by atoms with Crippen molar-refractivity contribution < 1.29 is 4.79 Å². The van der Waals surface area contributed by atoms with Crippen LogP contribution in [0.25, 0.3) is 0 Å². The minimum Gasteiger partial charge on any atom is -0.369 e. The van der Waals surface area contributed by atoms with E-state index in [2.05, 4.69) is 39.1 Å². The van der Waals surface area contributed by atoms with Gasteiger partial charge < -0.3 is 5.73 Å². The molecule has 3 rings (SSSR count). The van der Waals surface area contributed by atoms with E-state index >= 15 is 0 Å². The molecule has 7 nitrogen and oxygen atoms in total. The largest absolute Gasteiger partial charge is 0.369 e. The Bertz CT molecular complexity index is 859. The number of amides is 1. The summed E-state index contributed by atoms with van der Waals surface area (Å²) in [5.74, 6) is 0.828. The number of primary amides is 1. The molecule has 0 bridgehead atoms. The second kappa shape index (κ2) is 7.65. The highest BCUT2D eigenvalue weighted by Crippen LogP contribution is 2.12. The molecule has 1 amide bonds. The van der Waals surface area contributed by atoms with Crippen molar-refractivity contribution in [3.05, 3.63) is 71.3 Å². The third-order valence-electron chi connectivity index (χ3n) is 3.93. The summed E-state index contributed by atoms with van der Waals surface area (Å²) in [7, 11) is 0. The monoisotopic (exact) mass is 336 g/mol. The van der Waals surface area contributed by atoms with Crippen LogP contribution in [0.15, 0.2) is 42.9 Å². The van der Waals surface area contributed by atoms with Crippen LogP contribution in [-0.2, 0) is 30.6 Å². The number of carbonyl (C=O) groups excluding carboxylic acids is 1. The molecule has 2 heterocycles. The van der Waals surface area contributed by atoms with Crippen molar-refractivity contribution in [2.75, 3.05) is 0 Å². The number of aromatic nitrogens is 5. The standard InChI is InChI=1S/C18H20N6O/c1-13-4-2-3-5-14(13)12-24-18(22-17(23-24)10-16(19)25)7-6-15-11-20-8-9-21-15/h2-5,8-9,11H,6-7,10,12H2,1H3,(H2,19,25). The number of benzene rings is 1. The van der Waals surface area contributed by atoms with Crippen LogP contribution in [0.2, 0.25) is 0 Å². The van der Waals surface area contributed by atoms with Gasteiger partial charge in [0.1, 0.15) is 5.82 Å². The van der Waals surface area contributed by atoms with Crippen molar-refractivity contribution in [2.45, 2.75) is 32.7 Å². The molecule has 0 saturated heterocycles. The maximum Gasteiger partial charge on any atom is 0.225 e. The Balaban J connectivity index is 1.83. The second-order valence-electron chi connectivity index (χ2n) is 5.87. The number of nitrogens with two attached hydrogens (primary N) is 1. The second-order valence-corrected chi connectivity index (χ2v) is 5.87. The summed E-state index contributed by atoms with van der Waals surface area (Å²) in [6, 6.07) is 8.14. The van der Waals surface area contributed by atoms with Crippen molar-refractivity contribution in [3.8, 4) is 0 Å². The molecule has 0 saturated carbocycles. The van der Waals surface area contributed by atoms with Gasteiger partial charge >= 0.3 is 0 Å². The van der Waals surface area contributed by atoms with E-state index in [1.165, 1.54) is 11.1 Å². The summed E-state index contributed by atoms with van der Waals surface area (Å²) >= 11 is 0. The molecular formula is C18H20N6O. The molecule has 0 aliphatic heterocycles. The summed E-state index contributed by atoms with van der Waals surface area (Å²) in [6.07, 6.45) is 6.47. The zero-order chi connectivity index (χ0) is 17.6. The zero-order valence-corrected chi connectivity index (χ0v) is 14.1. The Hall–Kier alpha value is -3.09. The lowest BCUT2D eigenvalue weighted by Gasteiger charge is -2.08. The Kier molecular flexibility index (Phi) is 5.13. The molecule has 0 unspecified atom stereocenters. The predicted octanol–water partition coefficient (Wildman–Crippen LogP) is 1.24. The summed E-state index contributed by atoms with van der Waals surface area (Å²) in [4.78, 5) is 24.0. The van der Waals surface area contributed by atoms with Gasteiger partial charge in [-0.25, -0.2) is 9.67 Å². The van der Waals surface area contributed by atoms with Crippen molar-refractivity contribution in [2.24, 2.45) is 5.73 Å². The van der Waals surface area contributed by atoms with Crippen LogP contribution in [0, 0.1) is 6.92 Å². The molecule has 0 radical (unpaired) electrons. The van der Waals surface area contributed by atoms with Crippen molar-refractivity contribution >= 4 is 5.91 Å². The Morgan fingerprint density at radius 3 is 2.76 bits per heavy atom. The minimum atomic E-state index is -0.437. The van der Waals surface area contributed by atoms with Gasteiger partial charge in [-0.05, 0) is 24.5 Å². The van der Waals surface area contributed by atoms with E-state index in [0.29, 0.717) is 25.2 Å². The maximum atomic E-state index is 11.2. The predicted molar refractivity (Wildman–Crippen MR) is 92.6 cm³/mol. The molecule has 7 heteroatoms. The fraction of sp³-hybridized carbons (Fsp3) is 0.278. The van der Waals surface area contributed by atoms with E-state index in [1.807, 2.05) is 16.8 Å².